The number of fused-ring (bicyclic) bond motifs is 1. The van der Waals surface area contributed by atoms with Gasteiger partial charge in [-0.1, -0.05) is 6.07 Å². The number of benzene rings is 1. The van der Waals surface area contributed by atoms with Crippen molar-refractivity contribution in [3.63, 3.8) is 0 Å². The lowest BCUT2D eigenvalue weighted by Gasteiger charge is -2.03. The van der Waals surface area contributed by atoms with Crippen molar-refractivity contribution in [1.82, 2.24) is 20.4 Å². The summed E-state index contributed by atoms with van der Waals surface area (Å²) >= 11 is 0. The van der Waals surface area contributed by atoms with Crippen molar-refractivity contribution in [3.8, 4) is 0 Å². The van der Waals surface area contributed by atoms with E-state index in [0.29, 0.717) is 17.4 Å². The Bertz CT molecular complexity index is 774. The molecule has 108 valence electrons. The maximum atomic E-state index is 12.1. The molecule has 21 heavy (non-hydrogen) atoms. The number of H-pyrrole nitrogens is 1. The molecule has 1 amide bonds. The van der Waals surface area contributed by atoms with Crippen LogP contribution in [-0.2, 0) is 6.54 Å². The molecule has 2 aromatic heterocycles. The summed E-state index contributed by atoms with van der Waals surface area (Å²) in [7, 11) is 3.64. The average molecular weight is 285 g/mol. The number of aromatic amines is 1. The summed E-state index contributed by atoms with van der Waals surface area (Å²) in [5.41, 5.74) is 1.51. The van der Waals surface area contributed by atoms with Crippen molar-refractivity contribution in [2.75, 3.05) is 19.0 Å². The van der Waals surface area contributed by atoms with Crippen LogP contribution in [0.2, 0.25) is 0 Å². The largest absolute Gasteiger partial charge is 0.361 e. The first-order chi connectivity index (χ1) is 10.1. The topological polar surface area (TPSA) is 87.0 Å². The predicted molar refractivity (Wildman–Crippen MR) is 78.1 cm³/mol. The highest BCUT2D eigenvalue weighted by atomic mass is 16.5. The maximum Gasteiger partial charge on any atom is 0.265 e. The molecule has 7 nitrogen and oxygen atoms in total. The first kappa shape index (κ1) is 13.2. The Kier molecular flexibility index (Phi) is 3.31. The molecule has 0 unspecified atom stereocenters. The Balaban J connectivity index is 1.67. The van der Waals surface area contributed by atoms with Gasteiger partial charge in [0, 0.05) is 31.4 Å². The number of rotatable bonds is 4. The van der Waals surface area contributed by atoms with Crippen molar-refractivity contribution in [2.24, 2.45) is 0 Å². The average Bonchev–Trinajstić information content (AvgIpc) is 3.12. The third-order valence-electron chi connectivity index (χ3n) is 3.07. The molecule has 0 atom stereocenters. The number of hydrogen-bond donors (Lipinski definition) is 2. The first-order valence-corrected chi connectivity index (χ1v) is 6.49. The summed E-state index contributed by atoms with van der Waals surface area (Å²) in [5.74, 6) is 0.663. The number of nitrogens with zero attached hydrogens (tertiary/aromatic N) is 3. The lowest BCUT2D eigenvalue weighted by molar-refractivity contribution is 0.0946. The lowest BCUT2D eigenvalue weighted by atomic mass is 10.1. The molecule has 1 aromatic carbocycles. The van der Waals surface area contributed by atoms with E-state index in [4.69, 9.17) is 4.52 Å². The molecular weight excluding hydrogens is 270 g/mol. The summed E-state index contributed by atoms with van der Waals surface area (Å²) in [6, 6.07) is 7.45. The van der Waals surface area contributed by atoms with Crippen LogP contribution in [0.25, 0.3) is 10.9 Å². The van der Waals surface area contributed by atoms with Gasteiger partial charge in [-0.05, 0) is 28.7 Å². The minimum atomic E-state index is -0.184. The second-order valence-electron chi connectivity index (χ2n) is 4.84. The molecule has 0 aliphatic carbocycles. The van der Waals surface area contributed by atoms with Crippen LogP contribution in [0.4, 0.5) is 5.95 Å². The van der Waals surface area contributed by atoms with E-state index < -0.39 is 0 Å². The Hall–Kier alpha value is -2.83. The van der Waals surface area contributed by atoms with Gasteiger partial charge in [0.15, 0.2) is 0 Å². The zero-order valence-electron chi connectivity index (χ0n) is 11.8. The molecule has 0 saturated heterocycles. The van der Waals surface area contributed by atoms with E-state index in [9.17, 15) is 4.79 Å². The van der Waals surface area contributed by atoms with Gasteiger partial charge < -0.3 is 19.7 Å². The minimum absolute atomic E-state index is 0.184. The molecule has 0 fully saturated rings. The highest BCUT2D eigenvalue weighted by Gasteiger charge is 2.11. The van der Waals surface area contributed by atoms with Crippen LogP contribution in [0.1, 0.15) is 16.2 Å². The number of anilines is 1. The fourth-order valence-corrected chi connectivity index (χ4v) is 1.95. The highest BCUT2D eigenvalue weighted by molar-refractivity contribution is 5.97. The fraction of sp³-hybridized carbons (Fsp3) is 0.214. The van der Waals surface area contributed by atoms with Crippen molar-refractivity contribution in [2.45, 2.75) is 6.54 Å². The van der Waals surface area contributed by atoms with Gasteiger partial charge in [0.25, 0.3) is 11.9 Å². The quantitative estimate of drug-likeness (QED) is 0.759. The third kappa shape index (κ3) is 2.71. The molecule has 0 spiro atoms. The third-order valence-corrected chi connectivity index (χ3v) is 3.07. The van der Waals surface area contributed by atoms with Crippen molar-refractivity contribution in [1.29, 1.82) is 0 Å². The van der Waals surface area contributed by atoms with Crippen LogP contribution in [0.3, 0.4) is 0 Å². The molecular formula is C14H15N5O2. The van der Waals surface area contributed by atoms with Gasteiger partial charge in [-0.2, -0.15) is 4.98 Å². The second kappa shape index (κ2) is 5.28. The monoisotopic (exact) mass is 285 g/mol. The van der Waals surface area contributed by atoms with Gasteiger partial charge in [-0.15, -0.1) is 0 Å². The normalized spacial score (nSPS) is 10.8. The van der Waals surface area contributed by atoms with E-state index in [1.807, 2.05) is 38.5 Å². The molecule has 0 saturated carbocycles. The molecule has 0 aliphatic heterocycles. The highest BCUT2D eigenvalue weighted by Crippen LogP contribution is 2.14. The summed E-state index contributed by atoms with van der Waals surface area (Å²) in [4.78, 5) is 21.1. The smallest absolute Gasteiger partial charge is 0.265 e. The standard InChI is InChI=1S/C14H15N5O2/c1-19(2)14-17-12(21-18-14)8-16-13(20)10-4-3-9-5-6-15-11(9)7-10/h3-7,15H,8H2,1-2H3,(H,16,20). The van der Waals surface area contributed by atoms with Gasteiger partial charge in [-0.3, -0.25) is 4.79 Å². The van der Waals surface area contributed by atoms with Gasteiger partial charge in [0.2, 0.25) is 5.89 Å². The van der Waals surface area contributed by atoms with Gasteiger partial charge in [0.05, 0.1) is 6.54 Å². The Morgan fingerprint density at radius 3 is 3.00 bits per heavy atom. The van der Waals surface area contributed by atoms with Crippen molar-refractivity contribution in [3.05, 3.63) is 41.9 Å². The van der Waals surface area contributed by atoms with Crippen LogP contribution in [0.15, 0.2) is 35.0 Å². The summed E-state index contributed by atoms with van der Waals surface area (Å²) < 4.78 is 5.05. The van der Waals surface area contributed by atoms with Crippen molar-refractivity contribution < 1.29 is 9.32 Å². The minimum Gasteiger partial charge on any atom is -0.361 e. The van der Waals surface area contributed by atoms with Crippen LogP contribution in [0, 0.1) is 0 Å². The van der Waals surface area contributed by atoms with E-state index in [1.54, 1.807) is 11.0 Å². The number of carbonyl (C=O) groups is 1. The zero-order chi connectivity index (χ0) is 14.8. The van der Waals surface area contributed by atoms with Crippen LogP contribution < -0.4 is 10.2 Å². The van der Waals surface area contributed by atoms with E-state index in [1.165, 1.54) is 0 Å². The van der Waals surface area contributed by atoms with E-state index in [0.717, 1.165) is 10.9 Å². The molecule has 2 heterocycles. The molecule has 0 radical (unpaired) electrons. The lowest BCUT2D eigenvalue weighted by Crippen LogP contribution is -2.23. The number of hydrogen-bond acceptors (Lipinski definition) is 5. The Morgan fingerprint density at radius 1 is 1.38 bits per heavy atom. The molecule has 0 aliphatic rings. The van der Waals surface area contributed by atoms with Gasteiger partial charge in [0.1, 0.15) is 0 Å². The molecule has 2 N–H and O–H groups in total. The molecule has 3 aromatic rings. The Labute approximate surface area is 120 Å². The summed E-state index contributed by atoms with van der Waals surface area (Å²) in [6.45, 7) is 0.197. The molecule has 0 bridgehead atoms. The van der Waals surface area contributed by atoms with E-state index in [2.05, 4.69) is 20.4 Å². The van der Waals surface area contributed by atoms with Crippen LogP contribution in [0.5, 0.6) is 0 Å². The van der Waals surface area contributed by atoms with Gasteiger partial charge >= 0.3 is 0 Å². The van der Waals surface area contributed by atoms with Crippen molar-refractivity contribution >= 4 is 22.8 Å². The summed E-state index contributed by atoms with van der Waals surface area (Å²) in [6.07, 6.45) is 1.84. The fourth-order valence-electron chi connectivity index (χ4n) is 1.95. The maximum absolute atomic E-state index is 12.1. The number of amides is 1. The first-order valence-electron chi connectivity index (χ1n) is 6.49. The van der Waals surface area contributed by atoms with Crippen LogP contribution >= 0.6 is 0 Å². The number of aromatic nitrogens is 3. The number of nitrogens with one attached hydrogen (secondary N) is 2. The summed E-state index contributed by atoms with van der Waals surface area (Å²) in [5, 5.41) is 7.61. The SMILES string of the molecule is CN(C)c1noc(CNC(=O)c2ccc3cc[nH]c3c2)n1. The zero-order valence-corrected chi connectivity index (χ0v) is 11.8. The molecule has 3 rings (SSSR count). The van der Waals surface area contributed by atoms with E-state index in [-0.39, 0.29) is 12.5 Å². The predicted octanol–water partition coefficient (Wildman–Crippen LogP) is 1.55. The Morgan fingerprint density at radius 2 is 2.24 bits per heavy atom. The van der Waals surface area contributed by atoms with Crippen LogP contribution in [-0.4, -0.2) is 35.1 Å². The van der Waals surface area contributed by atoms with E-state index >= 15 is 0 Å². The van der Waals surface area contributed by atoms with Gasteiger partial charge in [-0.25, -0.2) is 0 Å². The number of carbonyl (C=O) groups excluding carboxylic acids is 1. The molecule has 7 heteroatoms. The second-order valence-corrected chi connectivity index (χ2v) is 4.84.